The van der Waals surface area contributed by atoms with Crippen LogP contribution in [0.25, 0.3) is 12.2 Å². The maximum Gasteiger partial charge on any atom is 0.276 e. The van der Waals surface area contributed by atoms with Crippen molar-refractivity contribution in [1.29, 1.82) is 0 Å². The number of nitrogens with zero attached hydrogens (tertiary/aromatic N) is 1. The van der Waals surface area contributed by atoms with Crippen molar-refractivity contribution in [3.05, 3.63) is 152 Å². The monoisotopic (exact) mass is 595 g/mol. The van der Waals surface area contributed by atoms with E-state index in [2.05, 4.69) is 26.6 Å². The average Bonchev–Trinajstić information content (AvgIpc) is 2.96. The highest BCUT2D eigenvalue weighted by molar-refractivity contribution is 9.10. The number of hydrogen-bond acceptors (Lipinski definition) is 5. The van der Waals surface area contributed by atoms with E-state index in [1.165, 1.54) is 30.4 Å². The zero-order valence-corrected chi connectivity index (χ0v) is 22.5. The van der Waals surface area contributed by atoms with Crippen LogP contribution in [-0.4, -0.2) is 22.5 Å². The SMILES string of the molecule is O=C(Nc1ccc(C(=O)/C=C/c2ccccc2[N+](=O)[O-])cc1)/C(=C/c1cccc(Br)c1)NC(=O)c1ccccc1. The minimum Gasteiger partial charge on any atom is -0.321 e. The van der Waals surface area contributed by atoms with Crippen LogP contribution in [0.1, 0.15) is 31.8 Å². The van der Waals surface area contributed by atoms with Crippen molar-refractivity contribution in [2.24, 2.45) is 0 Å². The molecule has 0 unspecified atom stereocenters. The fourth-order valence-corrected chi connectivity index (χ4v) is 4.10. The molecule has 0 radical (unpaired) electrons. The van der Waals surface area contributed by atoms with Crippen molar-refractivity contribution >= 4 is 57.1 Å². The number of carbonyl (C=O) groups is 3. The Bertz CT molecular complexity index is 1630. The summed E-state index contributed by atoms with van der Waals surface area (Å²) in [7, 11) is 0. The zero-order chi connectivity index (χ0) is 28.5. The molecule has 0 saturated carbocycles. The summed E-state index contributed by atoms with van der Waals surface area (Å²) in [5.41, 5.74) is 2.06. The fourth-order valence-electron chi connectivity index (χ4n) is 3.68. The van der Waals surface area contributed by atoms with Gasteiger partial charge in [0.25, 0.3) is 17.5 Å². The topological polar surface area (TPSA) is 118 Å². The molecular weight excluding hydrogens is 574 g/mol. The number of rotatable bonds is 9. The molecule has 9 heteroatoms. The summed E-state index contributed by atoms with van der Waals surface area (Å²) in [6.45, 7) is 0. The minimum atomic E-state index is -0.556. The Morgan fingerprint density at radius 1 is 0.800 bits per heavy atom. The van der Waals surface area contributed by atoms with E-state index in [0.717, 1.165) is 4.47 Å². The number of nitrogens with one attached hydrogen (secondary N) is 2. The number of anilines is 1. The molecule has 0 aliphatic heterocycles. The molecule has 0 spiro atoms. The molecule has 0 aliphatic carbocycles. The first kappa shape index (κ1) is 27.9. The van der Waals surface area contributed by atoms with Gasteiger partial charge in [-0.25, -0.2) is 0 Å². The smallest absolute Gasteiger partial charge is 0.276 e. The number of halogens is 1. The molecule has 4 aromatic carbocycles. The van der Waals surface area contributed by atoms with E-state index in [1.807, 2.05) is 12.1 Å². The first-order valence-corrected chi connectivity index (χ1v) is 12.8. The van der Waals surface area contributed by atoms with Gasteiger partial charge in [0, 0.05) is 27.4 Å². The highest BCUT2D eigenvalue weighted by atomic mass is 79.9. The Balaban J connectivity index is 1.50. The Hall–Kier alpha value is -5.15. The van der Waals surface area contributed by atoms with Crippen LogP contribution in [0.5, 0.6) is 0 Å². The van der Waals surface area contributed by atoms with Crippen molar-refractivity contribution in [3.8, 4) is 0 Å². The number of nitro groups is 1. The minimum absolute atomic E-state index is 0.0273. The van der Waals surface area contributed by atoms with Gasteiger partial charge >= 0.3 is 0 Å². The summed E-state index contributed by atoms with van der Waals surface area (Å²) in [4.78, 5) is 49.3. The van der Waals surface area contributed by atoms with E-state index in [1.54, 1.807) is 78.9 Å². The largest absolute Gasteiger partial charge is 0.321 e. The lowest BCUT2D eigenvalue weighted by molar-refractivity contribution is -0.385. The molecule has 0 aromatic heterocycles. The maximum absolute atomic E-state index is 13.2. The van der Waals surface area contributed by atoms with Gasteiger partial charge in [0.05, 0.1) is 10.5 Å². The summed E-state index contributed by atoms with van der Waals surface area (Å²) < 4.78 is 0.812. The van der Waals surface area contributed by atoms with Gasteiger partial charge in [0.2, 0.25) is 0 Å². The molecule has 2 amide bonds. The molecular formula is C31H22BrN3O5. The molecule has 40 heavy (non-hydrogen) atoms. The van der Waals surface area contributed by atoms with Crippen LogP contribution in [0, 0.1) is 10.1 Å². The molecule has 8 nitrogen and oxygen atoms in total. The number of amides is 2. The second-order valence-corrected chi connectivity index (χ2v) is 9.39. The number of para-hydroxylation sites is 1. The maximum atomic E-state index is 13.2. The van der Waals surface area contributed by atoms with Crippen LogP contribution in [-0.2, 0) is 4.79 Å². The van der Waals surface area contributed by atoms with Crippen LogP contribution in [0.3, 0.4) is 0 Å². The Morgan fingerprint density at radius 2 is 1.50 bits per heavy atom. The molecule has 2 N–H and O–H groups in total. The number of nitro benzene ring substituents is 1. The van der Waals surface area contributed by atoms with Gasteiger partial charge < -0.3 is 10.6 Å². The molecule has 0 fully saturated rings. The standard InChI is InChI=1S/C31H22BrN3O5/c32-25-11-6-7-21(19-25)20-27(34-30(37)24-9-2-1-3-10-24)31(38)33-26-16-13-23(14-17-26)29(36)18-15-22-8-4-5-12-28(22)35(39)40/h1-20H,(H,33,38)(H,34,37)/b18-15+,27-20-. The van der Waals surface area contributed by atoms with Crippen LogP contribution >= 0.6 is 15.9 Å². The molecule has 4 aromatic rings. The Morgan fingerprint density at radius 3 is 2.20 bits per heavy atom. The molecule has 0 atom stereocenters. The Kier molecular flexibility index (Phi) is 9.11. The van der Waals surface area contributed by atoms with Crippen LogP contribution < -0.4 is 10.6 Å². The van der Waals surface area contributed by atoms with Gasteiger partial charge in [0.1, 0.15) is 5.70 Å². The molecule has 4 rings (SSSR count). The van der Waals surface area contributed by atoms with Crippen molar-refractivity contribution < 1.29 is 19.3 Å². The van der Waals surface area contributed by atoms with E-state index in [0.29, 0.717) is 27.9 Å². The molecule has 198 valence electrons. The van der Waals surface area contributed by atoms with Gasteiger partial charge in [-0.1, -0.05) is 58.4 Å². The molecule has 0 saturated heterocycles. The highest BCUT2D eigenvalue weighted by Crippen LogP contribution is 2.20. The number of benzene rings is 4. The van der Waals surface area contributed by atoms with Crippen molar-refractivity contribution in [2.45, 2.75) is 0 Å². The first-order valence-electron chi connectivity index (χ1n) is 12.0. The lowest BCUT2D eigenvalue weighted by atomic mass is 10.1. The number of carbonyl (C=O) groups excluding carboxylic acids is 3. The Labute approximate surface area is 238 Å². The summed E-state index contributed by atoms with van der Waals surface area (Å²) in [6, 6.07) is 28.1. The van der Waals surface area contributed by atoms with Gasteiger partial charge in [-0.3, -0.25) is 24.5 Å². The fraction of sp³-hybridized carbons (Fsp3) is 0. The summed E-state index contributed by atoms with van der Waals surface area (Å²) in [5.74, 6) is -1.36. The molecule has 0 bridgehead atoms. The summed E-state index contributed by atoms with van der Waals surface area (Å²) in [5, 5.41) is 16.6. The van der Waals surface area contributed by atoms with E-state index >= 15 is 0 Å². The van der Waals surface area contributed by atoms with Crippen molar-refractivity contribution in [1.82, 2.24) is 5.32 Å². The molecule has 0 aliphatic rings. The van der Waals surface area contributed by atoms with E-state index in [-0.39, 0.29) is 17.2 Å². The number of ketones is 1. The quantitative estimate of drug-likeness (QED) is 0.0970. The third kappa shape index (κ3) is 7.46. The van der Waals surface area contributed by atoms with E-state index in [4.69, 9.17) is 0 Å². The third-order valence-corrected chi connectivity index (χ3v) is 6.16. The second kappa shape index (κ2) is 13.1. The average molecular weight is 596 g/mol. The normalized spacial score (nSPS) is 11.2. The van der Waals surface area contributed by atoms with Crippen molar-refractivity contribution in [3.63, 3.8) is 0 Å². The lowest BCUT2D eigenvalue weighted by Gasteiger charge is -2.12. The van der Waals surface area contributed by atoms with E-state index in [9.17, 15) is 24.5 Å². The van der Waals surface area contributed by atoms with E-state index < -0.39 is 16.7 Å². The van der Waals surface area contributed by atoms with Crippen LogP contribution in [0.15, 0.2) is 119 Å². The number of allylic oxidation sites excluding steroid dienone is 1. The lowest BCUT2D eigenvalue weighted by Crippen LogP contribution is -2.30. The predicted octanol–water partition coefficient (Wildman–Crippen LogP) is 6.66. The van der Waals surface area contributed by atoms with Crippen molar-refractivity contribution in [2.75, 3.05) is 5.32 Å². The van der Waals surface area contributed by atoms with Gasteiger partial charge in [-0.05, 0) is 78.4 Å². The second-order valence-electron chi connectivity index (χ2n) is 8.48. The zero-order valence-electron chi connectivity index (χ0n) is 20.9. The van der Waals surface area contributed by atoms with Crippen LogP contribution in [0.2, 0.25) is 0 Å². The predicted molar refractivity (Wildman–Crippen MR) is 158 cm³/mol. The van der Waals surface area contributed by atoms with Gasteiger partial charge in [-0.2, -0.15) is 0 Å². The number of hydrogen-bond donors (Lipinski definition) is 2. The molecule has 0 heterocycles. The summed E-state index contributed by atoms with van der Waals surface area (Å²) in [6.07, 6.45) is 4.21. The first-order chi connectivity index (χ1) is 19.3. The summed E-state index contributed by atoms with van der Waals surface area (Å²) >= 11 is 3.40. The highest BCUT2D eigenvalue weighted by Gasteiger charge is 2.16. The van der Waals surface area contributed by atoms with Crippen LogP contribution in [0.4, 0.5) is 11.4 Å². The third-order valence-electron chi connectivity index (χ3n) is 5.66. The van der Waals surface area contributed by atoms with Gasteiger partial charge in [-0.15, -0.1) is 0 Å². The van der Waals surface area contributed by atoms with Gasteiger partial charge in [0.15, 0.2) is 5.78 Å².